The third kappa shape index (κ3) is 11.3. The molecule has 228 valence electrons. The van der Waals surface area contributed by atoms with Gasteiger partial charge in [0.25, 0.3) is 0 Å². The molecule has 4 rings (SSSR count). The lowest BCUT2D eigenvalue weighted by molar-refractivity contribution is -0.134. The van der Waals surface area contributed by atoms with Gasteiger partial charge in [-0.3, -0.25) is 0 Å². The lowest BCUT2D eigenvalue weighted by atomic mass is 10.2. The second kappa shape index (κ2) is 16.7. The van der Waals surface area contributed by atoms with Gasteiger partial charge in [-0.25, -0.2) is 19.6 Å². The summed E-state index contributed by atoms with van der Waals surface area (Å²) in [7, 11) is 12.1. The molecule has 0 spiro atoms. The number of carbonyl (C=O) groups is 2. The van der Waals surface area contributed by atoms with Crippen LogP contribution >= 0.6 is 24.4 Å². The van der Waals surface area contributed by atoms with E-state index in [1.807, 2.05) is 66.6 Å². The minimum Gasteiger partial charge on any atom is -0.478 e. The molecule has 42 heavy (non-hydrogen) atoms. The zero-order valence-corrected chi connectivity index (χ0v) is 26.3. The van der Waals surface area contributed by atoms with E-state index in [0.717, 1.165) is 47.3 Å². The van der Waals surface area contributed by atoms with Crippen LogP contribution in [0.5, 0.6) is 11.8 Å². The van der Waals surface area contributed by atoms with Crippen molar-refractivity contribution < 1.29 is 29.3 Å². The van der Waals surface area contributed by atoms with Crippen molar-refractivity contribution in [3.8, 4) is 11.8 Å². The zero-order valence-electron chi connectivity index (χ0n) is 24.6. The molecule has 2 N–H and O–H groups in total. The number of hydrogen-bond acceptors (Lipinski definition) is 10. The smallest absolute Gasteiger partial charge is 0.328 e. The van der Waals surface area contributed by atoms with Gasteiger partial charge < -0.3 is 39.3 Å². The van der Waals surface area contributed by atoms with Gasteiger partial charge >= 0.3 is 11.9 Å². The second-order valence-electron chi connectivity index (χ2n) is 10.1. The van der Waals surface area contributed by atoms with Gasteiger partial charge in [0.15, 0.2) is 0 Å². The van der Waals surface area contributed by atoms with Crippen LogP contribution in [0.3, 0.4) is 0 Å². The molecule has 2 aliphatic rings. The van der Waals surface area contributed by atoms with Crippen molar-refractivity contribution in [3.05, 3.63) is 59.9 Å². The first-order valence-electron chi connectivity index (χ1n) is 13.0. The van der Waals surface area contributed by atoms with Crippen LogP contribution in [0.25, 0.3) is 0 Å². The Kier molecular flexibility index (Phi) is 13.7. The number of ether oxygens (including phenoxy) is 2. The summed E-state index contributed by atoms with van der Waals surface area (Å²) in [5.74, 6) is -1.22. The number of likely N-dealkylation sites (N-methyl/N-ethyl adjacent to an activating group) is 4. The first-order chi connectivity index (χ1) is 19.8. The van der Waals surface area contributed by atoms with Crippen LogP contribution in [0.4, 0.5) is 0 Å². The Labute approximate surface area is 257 Å². The fraction of sp³-hybridized carbons (Fsp3) is 0.429. The highest BCUT2D eigenvalue weighted by Gasteiger charge is 2.26. The van der Waals surface area contributed by atoms with Gasteiger partial charge in [0, 0.05) is 51.7 Å². The lowest BCUT2D eigenvalue weighted by Gasteiger charge is -2.23. The summed E-state index contributed by atoms with van der Waals surface area (Å²) in [5.41, 5.74) is 1.82. The van der Waals surface area contributed by atoms with Crippen molar-refractivity contribution in [1.29, 1.82) is 0 Å². The van der Waals surface area contributed by atoms with Crippen LogP contribution < -0.4 is 9.47 Å². The minimum absolute atomic E-state index is 0.0871. The van der Waals surface area contributed by atoms with E-state index in [0.29, 0.717) is 23.9 Å². The molecule has 2 aliphatic heterocycles. The molecule has 12 nitrogen and oxygen atoms in total. The number of fused-ring (bicyclic) bond motifs is 2. The van der Waals surface area contributed by atoms with E-state index in [1.165, 1.54) is 0 Å². The summed E-state index contributed by atoms with van der Waals surface area (Å²) in [5, 5.41) is 15.6. The molecular weight excluding hydrogens is 580 g/mol. The Morgan fingerprint density at radius 2 is 1.19 bits per heavy atom. The van der Waals surface area contributed by atoms with Gasteiger partial charge in [-0.2, -0.15) is 0 Å². The molecule has 2 aromatic rings. The van der Waals surface area contributed by atoms with E-state index in [4.69, 9.17) is 44.1 Å². The number of pyridine rings is 2. The van der Waals surface area contributed by atoms with Crippen molar-refractivity contribution in [3.63, 3.8) is 0 Å². The van der Waals surface area contributed by atoms with Crippen LogP contribution in [0.1, 0.15) is 11.1 Å². The SMILES string of the molecule is CN(C)CC1CN(C)C(=S)c2cccnc2O1.CN(C)CC1CN(C)C(=S)c2cccnc2O1.O=C(O)C=CC(=O)O. The van der Waals surface area contributed by atoms with E-state index in [-0.39, 0.29) is 12.2 Å². The van der Waals surface area contributed by atoms with Crippen LogP contribution in [0.2, 0.25) is 0 Å². The Bertz CT molecular complexity index is 1180. The molecule has 0 bridgehead atoms. The quantitative estimate of drug-likeness (QED) is 0.360. The van der Waals surface area contributed by atoms with Crippen LogP contribution in [-0.4, -0.2) is 142 Å². The molecule has 0 aromatic carbocycles. The van der Waals surface area contributed by atoms with Gasteiger partial charge in [0.1, 0.15) is 22.2 Å². The molecule has 2 atom stereocenters. The number of aromatic nitrogens is 2. The maximum atomic E-state index is 9.55. The highest BCUT2D eigenvalue weighted by molar-refractivity contribution is 7.81. The molecule has 4 heterocycles. The number of rotatable bonds is 6. The van der Waals surface area contributed by atoms with Crippen LogP contribution in [0, 0.1) is 0 Å². The molecule has 0 saturated carbocycles. The summed E-state index contributed by atoms with van der Waals surface area (Å²) in [6, 6.07) is 7.68. The Morgan fingerprint density at radius 1 is 0.833 bits per heavy atom. The number of carboxylic acids is 2. The number of carboxylic acid groups (broad SMARTS) is 2. The average molecular weight is 619 g/mol. The van der Waals surface area contributed by atoms with Crippen molar-refractivity contribution in [2.45, 2.75) is 12.2 Å². The maximum absolute atomic E-state index is 9.55. The predicted octanol–water partition coefficient (Wildman–Crippen LogP) is 1.73. The van der Waals surface area contributed by atoms with E-state index in [9.17, 15) is 9.59 Å². The van der Waals surface area contributed by atoms with Crippen molar-refractivity contribution >= 4 is 46.4 Å². The van der Waals surface area contributed by atoms with E-state index < -0.39 is 11.9 Å². The molecule has 14 heteroatoms. The molecule has 2 aromatic heterocycles. The monoisotopic (exact) mass is 618 g/mol. The first kappa shape index (κ1) is 34.5. The summed E-state index contributed by atoms with van der Waals surface area (Å²) in [6.45, 7) is 3.27. The van der Waals surface area contributed by atoms with Gasteiger partial charge in [-0.05, 0) is 52.5 Å². The van der Waals surface area contributed by atoms with Gasteiger partial charge in [0.05, 0.1) is 24.2 Å². The van der Waals surface area contributed by atoms with E-state index >= 15 is 0 Å². The summed E-state index contributed by atoms with van der Waals surface area (Å²) < 4.78 is 11.9. The maximum Gasteiger partial charge on any atom is 0.328 e. The molecule has 0 radical (unpaired) electrons. The average Bonchev–Trinajstić information content (AvgIpc) is 3.10. The molecule has 0 amide bonds. The van der Waals surface area contributed by atoms with Gasteiger partial charge in [-0.1, -0.05) is 24.4 Å². The zero-order chi connectivity index (χ0) is 31.4. The lowest BCUT2D eigenvalue weighted by Crippen LogP contribution is -2.39. The van der Waals surface area contributed by atoms with Crippen molar-refractivity contribution in [1.82, 2.24) is 29.6 Å². The standard InChI is InChI=1S/2C12H17N3OS.C4H4O4/c2*1-14(2)7-9-8-15(3)12(17)10-5-4-6-13-11(10)16-9;5-3(6)1-2-4(7)8/h2*4-6,9H,7-8H2,1-3H3;1-2H,(H,5,6)(H,7,8). The molecular formula is C28H38N6O6S2. The summed E-state index contributed by atoms with van der Waals surface area (Å²) in [6.07, 6.45) is 4.76. The van der Waals surface area contributed by atoms with Crippen molar-refractivity contribution in [2.24, 2.45) is 0 Å². The first-order valence-corrected chi connectivity index (χ1v) is 13.8. The third-order valence-electron chi connectivity index (χ3n) is 5.71. The Morgan fingerprint density at radius 3 is 1.50 bits per heavy atom. The Hall–Kier alpha value is -3.72. The second-order valence-corrected chi connectivity index (χ2v) is 10.9. The van der Waals surface area contributed by atoms with Gasteiger partial charge in [-0.15, -0.1) is 0 Å². The summed E-state index contributed by atoms with van der Waals surface area (Å²) >= 11 is 10.9. The number of nitrogens with zero attached hydrogens (tertiary/aromatic N) is 6. The Balaban J connectivity index is 0.000000236. The predicted molar refractivity (Wildman–Crippen MR) is 167 cm³/mol. The van der Waals surface area contributed by atoms with Crippen molar-refractivity contribution in [2.75, 3.05) is 68.5 Å². The number of hydrogen-bond donors (Lipinski definition) is 2. The molecule has 0 fully saturated rings. The summed E-state index contributed by atoms with van der Waals surface area (Å²) in [4.78, 5) is 37.6. The fourth-order valence-electron chi connectivity index (χ4n) is 4.02. The highest BCUT2D eigenvalue weighted by atomic mass is 32.1. The number of thiocarbonyl (C=S) groups is 2. The minimum atomic E-state index is -1.26. The molecule has 2 unspecified atom stereocenters. The third-order valence-corrected chi connectivity index (χ3v) is 6.78. The number of aliphatic carboxylic acids is 2. The molecule has 0 aliphatic carbocycles. The van der Waals surface area contributed by atoms with E-state index in [2.05, 4.69) is 29.6 Å². The highest BCUT2D eigenvalue weighted by Crippen LogP contribution is 2.23. The topological polar surface area (TPSA) is 132 Å². The van der Waals surface area contributed by atoms with Crippen LogP contribution in [-0.2, 0) is 9.59 Å². The fourth-order valence-corrected chi connectivity index (χ4v) is 4.48. The normalized spacial score (nSPS) is 17.9. The van der Waals surface area contributed by atoms with Crippen LogP contribution in [0.15, 0.2) is 48.8 Å². The largest absolute Gasteiger partial charge is 0.478 e. The van der Waals surface area contributed by atoms with Gasteiger partial charge in [0.2, 0.25) is 11.8 Å². The van der Waals surface area contributed by atoms with E-state index in [1.54, 1.807) is 12.4 Å². The molecule has 0 saturated heterocycles.